The number of nitrogens with one attached hydrogen (secondary N) is 2. The molecule has 34 heavy (non-hydrogen) atoms. The first-order valence-electron chi connectivity index (χ1n) is 10.9. The number of anilines is 2. The first kappa shape index (κ1) is 22.6. The number of hydrogen-bond donors (Lipinski definition) is 2. The highest BCUT2D eigenvalue weighted by atomic mass is 35.5. The van der Waals surface area contributed by atoms with Crippen molar-refractivity contribution in [3.8, 4) is 5.75 Å². The van der Waals surface area contributed by atoms with E-state index >= 15 is 0 Å². The summed E-state index contributed by atoms with van der Waals surface area (Å²) in [5.41, 5.74) is 2.98. The monoisotopic (exact) mass is 495 g/mol. The second-order valence-corrected chi connectivity index (χ2v) is 9.69. The van der Waals surface area contributed by atoms with Crippen LogP contribution >= 0.6 is 23.8 Å². The number of benzene rings is 3. The summed E-state index contributed by atoms with van der Waals surface area (Å²) >= 11 is 12.0. The van der Waals surface area contributed by atoms with Crippen LogP contribution in [0.15, 0.2) is 60.7 Å². The number of rotatable bonds is 3. The molecule has 1 fully saturated rings. The van der Waals surface area contributed by atoms with Gasteiger partial charge < -0.3 is 15.4 Å². The molecule has 0 spiro atoms. The summed E-state index contributed by atoms with van der Waals surface area (Å²) < 4.78 is 20.2. The average molecular weight is 496 g/mol. The lowest BCUT2D eigenvalue weighted by molar-refractivity contribution is -0.130. The molecule has 3 aromatic carbocycles. The van der Waals surface area contributed by atoms with Gasteiger partial charge in [-0.05, 0) is 87.1 Å². The maximum Gasteiger partial charge on any atom is 0.236 e. The quantitative estimate of drug-likeness (QED) is 0.443. The zero-order valence-electron chi connectivity index (χ0n) is 18.9. The number of thiocarbonyl (C=S) groups is 1. The highest BCUT2D eigenvalue weighted by Gasteiger charge is 2.59. The molecule has 5 rings (SSSR count). The zero-order chi connectivity index (χ0) is 24.2. The van der Waals surface area contributed by atoms with Crippen molar-refractivity contribution in [3.05, 3.63) is 88.2 Å². The van der Waals surface area contributed by atoms with E-state index in [1.807, 2.05) is 39.0 Å². The Kier molecular flexibility index (Phi) is 5.49. The van der Waals surface area contributed by atoms with E-state index in [0.717, 1.165) is 22.4 Å². The van der Waals surface area contributed by atoms with E-state index in [1.165, 1.54) is 12.1 Å². The summed E-state index contributed by atoms with van der Waals surface area (Å²) in [5.74, 6) is -0.700. The number of ether oxygens (including phenoxy) is 1. The van der Waals surface area contributed by atoms with Crippen LogP contribution in [0.1, 0.15) is 29.7 Å². The molecule has 3 unspecified atom stereocenters. The van der Waals surface area contributed by atoms with Gasteiger partial charge in [-0.3, -0.25) is 9.69 Å². The molecule has 2 N–H and O–H groups in total. The Labute approximate surface area is 207 Å². The Morgan fingerprint density at radius 1 is 1.15 bits per heavy atom. The zero-order valence-corrected chi connectivity index (χ0v) is 20.4. The second-order valence-electron chi connectivity index (χ2n) is 8.86. The van der Waals surface area contributed by atoms with Crippen LogP contribution in [0.5, 0.6) is 5.75 Å². The first-order valence-corrected chi connectivity index (χ1v) is 11.7. The first-order chi connectivity index (χ1) is 16.2. The van der Waals surface area contributed by atoms with E-state index in [2.05, 4.69) is 10.6 Å². The van der Waals surface area contributed by atoms with Gasteiger partial charge in [-0.2, -0.15) is 0 Å². The molecule has 3 atom stereocenters. The summed E-state index contributed by atoms with van der Waals surface area (Å²) in [7, 11) is 0. The lowest BCUT2D eigenvalue weighted by Gasteiger charge is -2.56. The molecule has 1 amide bonds. The molecule has 2 heterocycles. The van der Waals surface area contributed by atoms with Crippen molar-refractivity contribution in [2.24, 2.45) is 5.92 Å². The van der Waals surface area contributed by atoms with E-state index in [-0.39, 0.29) is 11.7 Å². The molecule has 0 saturated carbocycles. The molecule has 1 saturated heterocycles. The maximum atomic E-state index is 13.9. The Bertz CT molecular complexity index is 1320. The summed E-state index contributed by atoms with van der Waals surface area (Å²) in [6, 6.07) is 16.7. The van der Waals surface area contributed by atoms with E-state index in [4.69, 9.17) is 28.6 Å². The third-order valence-electron chi connectivity index (χ3n) is 6.47. The standard InChI is InChI=1S/C26H23ClFN3O2S/c1-14-4-10-20(15(2)12-14)29-24(32)22-23-19-13-16(27)5-11-21(19)33-26(22,3)31(25(34)30-23)18-8-6-17(28)7-9-18/h4-13,22-23H,1-3H3,(H,29,32)(H,30,34). The van der Waals surface area contributed by atoms with Gasteiger partial charge in [0.1, 0.15) is 17.5 Å². The highest BCUT2D eigenvalue weighted by molar-refractivity contribution is 7.80. The number of carbonyl (C=O) groups is 1. The predicted octanol–water partition coefficient (Wildman–Crippen LogP) is 5.90. The lowest BCUT2D eigenvalue weighted by atomic mass is 9.78. The van der Waals surface area contributed by atoms with Crippen LogP contribution in [0.25, 0.3) is 0 Å². The normalized spacial score (nSPS) is 23.0. The molecule has 2 aliphatic rings. The van der Waals surface area contributed by atoms with Gasteiger partial charge in [0.2, 0.25) is 5.91 Å². The smallest absolute Gasteiger partial charge is 0.236 e. The van der Waals surface area contributed by atoms with E-state index in [0.29, 0.717) is 21.6 Å². The van der Waals surface area contributed by atoms with Gasteiger partial charge in [0, 0.05) is 22.0 Å². The highest BCUT2D eigenvalue weighted by Crippen LogP contribution is 2.50. The van der Waals surface area contributed by atoms with Crippen molar-refractivity contribution >= 4 is 46.2 Å². The van der Waals surface area contributed by atoms with Crippen molar-refractivity contribution in [3.63, 3.8) is 0 Å². The van der Waals surface area contributed by atoms with E-state index in [9.17, 15) is 9.18 Å². The minimum absolute atomic E-state index is 0.229. The predicted molar refractivity (Wildman–Crippen MR) is 136 cm³/mol. The van der Waals surface area contributed by atoms with Crippen molar-refractivity contribution in [1.82, 2.24) is 5.32 Å². The van der Waals surface area contributed by atoms with Crippen LogP contribution in [-0.4, -0.2) is 16.7 Å². The van der Waals surface area contributed by atoms with Gasteiger partial charge >= 0.3 is 0 Å². The van der Waals surface area contributed by atoms with Gasteiger partial charge in [-0.1, -0.05) is 29.3 Å². The number of halogens is 2. The van der Waals surface area contributed by atoms with Gasteiger partial charge in [-0.15, -0.1) is 0 Å². The Hall–Kier alpha value is -3.16. The minimum Gasteiger partial charge on any atom is -0.467 e. The molecule has 0 aromatic heterocycles. The summed E-state index contributed by atoms with van der Waals surface area (Å²) in [6.45, 7) is 5.79. The van der Waals surface area contributed by atoms with Crippen LogP contribution in [0, 0.1) is 25.6 Å². The Morgan fingerprint density at radius 3 is 2.59 bits per heavy atom. The summed E-state index contributed by atoms with van der Waals surface area (Å²) in [6.07, 6.45) is 0. The minimum atomic E-state index is -1.19. The molecule has 8 heteroatoms. The van der Waals surface area contributed by atoms with Gasteiger partial charge in [0.05, 0.1) is 6.04 Å². The van der Waals surface area contributed by atoms with Crippen molar-refractivity contribution in [2.45, 2.75) is 32.5 Å². The van der Waals surface area contributed by atoms with Crippen LogP contribution in [0.3, 0.4) is 0 Å². The van der Waals surface area contributed by atoms with Gasteiger partial charge in [-0.25, -0.2) is 4.39 Å². The lowest BCUT2D eigenvalue weighted by Crippen LogP contribution is -2.72. The van der Waals surface area contributed by atoms with E-state index in [1.54, 1.807) is 35.2 Å². The van der Waals surface area contributed by atoms with Gasteiger partial charge in [0.15, 0.2) is 10.8 Å². The molecular weight excluding hydrogens is 473 g/mol. The van der Waals surface area contributed by atoms with Crippen LogP contribution in [-0.2, 0) is 4.79 Å². The molecule has 3 aromatic rings. The van der Waals surface area contributed by atoms with Crippen LogP contribution in [0.4, 0.5) is 15.8 Å². The third kappa shape index (κ3) is 3.69. The number of nitrogens with zero attached hydrogens (tertiary/aromatic N) is 1. The molecular formula is C26H23ClFN3O2S. The molecule has 2 aliphatic heterocycles. The molecule has 0 radical (unpaired) electrons. The largest absolute Gasteiger partial charge is 0.467 e. The fourth-order valence-corrected chi connectivity index (χ4v) is 5.49. The summed E-state index contributed by atoms with van der Waals surface area (Å²) in [5, 5.41) is 7.32. The number of aryl methyl sites for hydroxylation is 2. The fraction of sp³-hybridized carbons (Fsp3) is 0.231. The Morgan fingerprint density at radius 2 is 1.88 bits per heavy atom. The van der Waals surface area contributed by atoms with Crippen molar-refractivity contribution < 1.29 is 13.9 Å². The van der Waals surface area contributed by atoms with Crippen molar-refractivity contribution in [1.29, 1.82) is 0 Å². The van der Waals surface area contributed by atoms with E-state index < -0.39 is 17.7 Å². The van der Waals surface area contributed by atoms with Crippen molar-refractivity contribution in [2.75, 3.05) is 10.2 Å². The number of carbonyl (C=O) groups excluding carboxylic acids is 1. The average Bonchev–Trinajstić information content (AvgIpc) is 2.77. The maximum absolute atomic E-state index is 13.9. The molecule has 174 valence electrons. The van der Waals surface area contributed by atoms with Crippen LogP contribution < -0.4 is 20.3 Å². The molecule has 0 aliphatic carbocycles. The number of hydrogen-bond acceptors (Lipinski definition) is 3. The van der Waals surface area contributed by atoms with Crippen LogP contribution in [0.2, 0.25) is 5.02 Å². The number of fused-ring (bicyclic) bond motifs is 4. The Balaban J connectivity index is 1.63. The topological polar surface area (TPSA) is 53.6 Å². The fourth-order valence-electron chi connectivity index (χ4n) is 4.90. The second kappa shape index (κ2) is 8.25. The third-order valence-corrected chi connectivity index (χ3v) is 7.00. The molecule has 2 bridgehead atoms. The molecule has 5 nitrogen and oxygen atoms in total. The van der Waals surface area contributed by atoms with Gasteiger partial charge in [0.25, 0.3) is 0 Å². The summed E-state index contributed by atoms with van der Waals surface area (Å²) in [4.78, 5) is 15.6. The SMILES string of the molecule is Cc1ccc(NC(=O)C2C3NC(=S)N(c4ccc(F)cc4)C2(C)Oc2ccc(Cl)cc23)c(C)c1. The number of amides is 1.